The molecule has 0 fully saturated rings. The van der Waals surface area contributed by atoms with Gasteiger partial charge >= 0.3 is 0 Å². The van der Waals surface area contributed by atoms with Crippen LogP contribution in [0.1, 0.15) is 5.56 Å². The maximum Gasteiger partial charge on any atom is 0.158 e. The van der Waals surface area contributed by atoms with Crippen molar-refractivity contribution in [1.82, 2.24) is 0 Å². The van der Waals surface area contributed by atoms with E-state index in [0.717, 1.165) is 10.0 Å². The Morgan fingerprint density at radius 1 is 1.36 bits per heavy atom. The molecule has 0 N–H and O–H groups in total. The molecule has 0 amide bonds. The van der Waals surface area contributed by atoms with Crippen LogP contribution >= 0.6 is 31.9 Å². The number of hydrogen-bond donors (Lipinski definition) is 0. The van der Waals surface area contributed by atoms with Crippen molar-refractivity contribution in [3.63, 3.8) is 0 Å². The molecule has 60 valence electrons. The van der Waals surface area contributed by atoms with Crippen LogP contribution in [-0.4, -0.2) is 5.08 Å². The summed E-state index contributed by atoms with van der Waals surface area (Å²) in [7, 11) is 0. The summed E-state index contributed by atoms with van der Waals surface area (Å²) in [6, 6.07) is 7.62. The van der Waals surface area contributed by atoms with E-state index in [9.17, 15) is 4.39 Å². The summed E-state index contributed by atoms with van der Waals surface area (Å²) in [5, 5.41) is -0.957. The Morgan fingerprint density at radius 2 is 2.00 bits per heavy atom. The first kappa shape index (κ1) is 9.20. The second-order valence-corrected chi connectivity index (χ2v) is 4.03. The first-order valence-electron chi connectivity index (χ1n) is 3.21. The van der Waals surface area contributed by atoms with Crippen LogP contribution in [0.4, 0.5) is 4.39 Å². The van der Waals surface area contributed by atoms with Crippen LogP contribution in [0, 0.1) is 0 Å². The van der Waals surface area contributed by atoms with E-state index in [0.29, 0.717) is 6.42 Å². The smallest absolute Gasteiger partial charge is 0.158 e. The standard InChI is InChI=1S/C8H7Br2F/c9-7-4-2-1-3-6(7)5-8(10)11/h1-4,8H,5H2. The monoisotopic (exact) mass is 280 g/mol. The maximum absolute atomic E-state index is 12.5. The lowest BCUT2D eigenvalue weighted by Gasteiger charge is -2.02. The highest BCUT2D eigenvalue weighted by Crippen LogP contribution is 2.19. The van der Waals surface area contributed by atoms with Gasteiger partial charge in [-0.25, -0.2) is 4.39 Å². The topological polar surface area (TPSA) is 0 Å². The fourth-order valence-corrected chi connectivity index (χ4v) is 1.63. The van der Waals surface area contributed by atoms with Gasteiger partial charge < -0.3 is 0 Å². The second kappa shape index (κ2) is 4.21. The lowest BCUT2D eigenvalue weighted by atomic mass is 10.2. The van der Waals surface area contributed by atoms with E-state index < -0.39 is 5.08 Å². The molecule has 0 saturated heterocycles. The van der Waals surface area contributed by atoms with Gasteiger partial charge in [-0.05, 0) is 11.6 Å². The molecule has 1 unspecified atom stereocenters. The molecule has 3 heteroatoms. The van der Waals surface area contributed by atoms with Crippen LogP contribution in [0.15, 0.2) is 28.7 Å². The van der Waals surface area contributed by atoms with E-state index in [4.69, 9.17) is 0 Å². The van der Waals surface area contributed by atoms with Crippen molar-refractivity contribution in [2.75, 3.05) is 0 Å². The van der Waals surface area contributed by atoms with Crippen molar-refractivity contribution in [2.45, 2.75) is 11.5 Å². The minimum absolute atomic E-state index is 0.404. The van der Waals surface area contributed by atoms with Crippen LogP contribution in [0.25, 0.3) is 0 Å². The molecule has 0 radical (unpaired) electrons. The molecule has 0 spiro atoms. The van der Waals surface area contributed by atoms with Gasteiger partial charge in [0.15, 0.2) is 5.08 Å². The third-order valence-corrected chi connectivity index (χ3v) is 2.43. The Hall–Kier alpha value is 0.110. The van der Waals surface area contributed by atoms with Crippen molar-refractivity contribution in [3.05, 3.63) is 34.3 Å². The second-order valence-electron chi connectivity index (χ2n) is 2.19. The molecule has 0 aromatic heterocycles. The minimum Gasteiger partial charge on any atom is -0.235 e. The highest BCUT2D eigenvalue weighted by Gasteiger charge is 2.04. The molecule has 11 heavy (non-hydrogen) atoms. The van der Waals surface area contributed by atoms with Crippen molar-refractivity contribution in [1.29, 1.82) is 0 Å². The molecule has 1 atom stereocenters. The highest BCUT2D eigenvalue weighted by molar-refractivity contribution is 9.10. The van der Waals surface area contributed by atoms with Crippen LogP contribution < -0.4 is 0 Å². The molecular formula is C8H7Br2F. The normalized spacial score (nSPS) is 13.0. The third kappa shape index (κ3) is 2.91. The van der Waals surface area contributed by atoms with Crippen molar-refractivity contribution in [3.8, 4) is 0 Å². The van der Waals surface area contributed by atoms with Crippen LogP contribution in [0.3, 0.4) is 0 Å². The van der Waals surface area contributed by atoms with Crippen molar-refractivity contribution in [2.24, 2.45) is 0 Å². The predicted octanol–water partition coefficient (Wildman–Crippen LogP) is 3.68. The van der Waals surface area contributed by atoms with Gasteiger partial charge in [0.2, 0.25) is 0 Å². The number of benzene rings is 1. The molecule has 1 aromatic rings. The number of rotatable bonds is 2. The van der Waals surface area contributed by atoms with Gasteiger partial charge in [-0.3, -0.25) is 0 Å². The lowest BCUT2D eigenvalue weighted by molar-refractivity contribution is 0.460. The number of alkyl halides is 2. The molecule has 0 saturated carbocycles. The average Bonchev–Trinajstić information content (AvgIpc) is 1.93. The SMILES string of the molecule is FC(Br)Cc1ccccc1Br. The number of hydrogen-bond acceptors (Lipinski definition) is 0. The highest BCUT2D eigenvalue weighted by atomic mass is 79.9. The largest absolute Gasteiger partial charge is 0.235 e. The molecule has 1 aromatic carbocycles. The van der Waals surface area contributed by atoms with Crippen molar-refractivity contribution >= 4 is 31.9 Å². The Morgan fingerprint density at radius 3 is 2.55 bits per heavy atom. The van der Waals surface area contributed by atoms with E-state index in [2.05, 4.69) is 31.9 Å². The van der Waals surface area contributed by atoms with Gasteiger partial charge in [-0.1, -0.05) is 50.1 Å². The Balaban J connectivity index is 2.78. The summed E-state index contributed by atoms with van der Waals surface area (Å²) in [4.78, 5) is 0. The van der Waals surface area contributed by atoms with E-state index in [1.54, 1.807) is 0 Å². The van der Waals surface area contributed by atoms with E-state index in [1.165, 1.54) is 0 Å². The van der Waals surface area contributed by atoms with Crippen LogP contribution in [0.2, 0.25) is 0 Å². The third-order valence-electron chi connectivity index (χ3n) is 1.33. The summed E-state index contributed by atoms with van der Waals surface area (Å²) in [6.45, 7) is 0. The van der Waals surface area contributed by atoms with E-state index in [-0.39, 0.29) is 0 Å². The van der Waals surface area contributed by atoms with Gasteiger partial charge in [-0.15, -0.1) is 0 Å². The van der Waals surface area contributed by atoms with Crippen LogP contribution in [0.5, 0.6) is 0 Å². The van der Waals surface area contributed by atoms with E-state index in [1.807, 2.05) is 24.3 Å². The molecule has 1 rings (SSSR count). The van der Waals surface area contributed by atoms with Gasteiger partial charge in [0.05, 0.1) is 0 Å². The fourth-order valence-electron chi connectivity index (χ4n) is 0.830. The predicted molar refractivity (Wildman–Crippen MR) is 51.7 cm³/mol. The summed E-state index contributed by atoms with van der Waals surface area (Å²) in [6.07, 6.45) is 0.404. The molecule has 0 aliphatic rings. The van der Waals surface area contributed by atoms with Gasteiger partial charge in [0, 0.05) is 10.9 Å². The maximum atomic E-state index is 12.5. The minimum atomic E-state index is -0.957. The Bertz CT molecular complexity index is 235. The Labute approximate surface area is 82.1 Å². The van der Waals surface area contributed by atoms with E-state index >= 15 is 0 Å². The van der Waals surface area contributed by atoms with Gasteiger partial charge in [0.1, 0.15) is 0 Å². The summed E-state index contributed by atoms with van der Waals surface area (Å²) in [5.74, 6) is 0. The molecule has 0 heterocycles. The number of halogens is 3. The summed E-state index contributed by atoms with van der Waals surface area (Å²) >= 11 is 6.19. The molecule has 0 nitrogen and oxygen atoms in total. The average molecular weight is 282 g/mol. The summed E-state index contributed by atoms with van der Waals surface area (Å²) < 4.78 is 13.4. The zero-order valence-corrected chi connectivity index (χ0v) is 8.90. The first-order chi connectivity index (χ1) is 5.20. The summed E-state index contributed by atoms with van der Waals surface area (Å²) in [5.41, 5.74) is 0.983. The zero-order chi connectivity index (χ0) is 8.27. The van der Waals surface area contributed by atoms with Gasteiger partial charge in [0.25, 0.3) is 0 Å². The van der Waals surface area contributed by atoms with Crippen molar-refractivity contribution < 1.29 is 4.39 Å². The lowest BCUT2D eigenvalue weighted by Crippen LogP contribution is -1.94. The molecule has 0 aliphatic carbocycles. The zero-order valence-electron chi connectivity index (χ0n) is 5.73. The first-order valence-corrected chi connectivity index (χ1v) is 4.92. The Kier molecular flexibility index (Phi) is 3.52. The van der Waals surface area contributed by atoms with Crippen LogP contribution in [-0.2, 0) is 6.42 Å². The molecule has 0 aliphatic heterocycles. The van der Waals surface area contributed by atoms with Gasteiger partial charge in [-0.2, -0.15) is 0 Å². The fraction of sp³-hybridized carbons (Fsp3) is 0.250. The molecular weight excluding hydrogens is 275 g/mol. The quantitative estimate of drug-likeness (QED) is 0.726. The molecule has 0 bridgehead atoms.